The Hall–Kier alpha value is -2.74. The monoisotopic (exact) mass is 394 g/mol. The van der Waals surface area contributed by atoms with Crippen molar-refractivity contribution in [1.29, 1.82) is 0 Å². The number of amides is 1. The van der Waals surface area contributed by atoms with E-state index in [-0.39, 0.29) is 30.8 Å². The normalized spacial score (nSPS) is 26.0. The molecule has 2 aliphatic heterocycles. The molecule has 7 nitrogen and oxygen atoms in total. The predicted molar refractivity (Wildman–Crippen MR) is 106 cm³/mol. The number of hydrogen-bond acceptors (Lipinski definition) is 6. The minimum atomic E-state index is -0.634. The molecule has 4 atom stereocenters. The smallest absolute Gasteiger partial charge is 0.251 e. The van der Waals surface area contributed by atoms with Gasteiger partial charge in [-0.15, -0.1) is 0 Å². The first kappa shape index (κ1) is 18.3. The molecular weight excluding hydrogens is 372 g/mol. The SMILES string of the molecule is Cc1noc(C)c1-c1cccc2cc(C(=O)N[C@@H]3CO[C@H]4[C@@H]3OC[C@H]4O)ccc12. The van der Waals surface area contributed by atoms with Gasteiger partial charge in [0.2, 0.25) is 0 Å². The van der Waals surface area contributed by atoms with Crippen LogP contribution in [0.4, 0.5) is 0 Å². The first-order valence-corrected chi connectivity index (χ1v) is 9.71. The minimum absolute atomic E-state index is 0.186. The van der Waals surface area contributed by atoms with E-state index in [0.29, 0.717) is 12.2 Å². The zero-order valence-corrected chi connectivity index (χ0v) is 16.2. The Kier molecular flexibility index (Phi) is 4.38. The number of aryl methyl sites for hydroxylation is 2. The second-order valence-electron chi connectivity index (χ2n) is 7.68. The fourth-order valence-electron chi connectivity index (χ4n) is 4.36. The fraction of sp³-hybridized carbons (Fsp3) is 0.364. The van der Waals surface area contributed by atoms with E-state index < -0.39 is 6.10 Å². The molecular formula is C22H22N2O5. The number of aromatic nitrogens is 1. The highest BCUT2D eigenvalue weighted by Crippen LogP contribution is 2.33. The zero-order valence-electron chi connectivity index (χ0n) is 16.2. The highest BCUT2D eigenvalue weighted by atomic mass is 16.6. The van der Waals surface area contributed by atoms with Gasteiger partial charge in [0.05, 0.1) is 24.9 Å². The summed E-state index contributed by atoms with van der Waals surface area (Å²) >= 11 is 0. The number of nitrogens with zero attached hydrogens (tertiary/aromatic N) is 1. The van der Waals surface area contributed by atoms with Crippen LogP contribution in [0.1, 0.15) is 21.8 Å². The lowest BCUT2D eigenvalue weighted by molar-refractivity contribution is 0.0178. The quantitative estimate of drug-likeness (QED) is 0.708. The number of benzene rings is 2. The molecule has 29 heavy (non-hydrogen) atoms. The van der Waals surface area contributed by atoms with Gasteiger partial charge in [-0.1, -0.05) is 29.4 Å². The van der Waals surface area contributed by atoms with E-state index in [1.165, 1.54) is 0 Å². The van der Waals surface area contributed by atoms with Crippen LogP contribution in [0, 0.1) is 13.8 Å². The molecule has 3 heterocycles. The lowest BCUT2D eigenvalue weighted by Gasteiger charge is -2.17. The second-order valence-corrected chi connectivity index (χ2v) is 7.68. The van der Waals surface area contributed by atoms with Crippen LogP contribution >= 0.6 is 0 Å². The third-order valence-electron chi connectivity index (χ3n) is 5.79. The zero-order chi connectivity index (χ0) is 20.1. The maximum Gasteiger partial charge on any atom is 0.251 e. The Labute approximate surface area is 167 Å². The van der Waals surface area contributed by atoms with Gasteiger partial charge >= 0.3 is 0 Å². The number of nitrogens with one attached hydrogen (secondary N) is 1. The van der Waals surface area contributed by atoms with Crippen molar-refractivity contribution in [1.82, 2.24) is 10.5 Å². The molecule has 3 aromatic rings. The van der Waals surface area contributed by atoms with Gasteiger partial charge in [-0.25, -0.2) is 0 Å². The van der Waals surface area contributed by atoms with Crippen molar-refractivity contribution in [3.05, 3.63) is 53.4 Å². The molecule has 1 aromatic heterocycles. The number of rotatable bonds is 3. The third kappa shape index (κ3) is 3.02. The average molecular weight is 394 g/mol. The van der Waals surface area contributed by atoms with Crippen molar-refractivity contribution in [2.45, 2.75) is 38.2 Å². The molecule has 0 aliphatic carbocycles. The third-order valence-corrected chi connectivity index (χ3v) is 5.79. The van der Waals surface area contributed by atoms with E-state index in [2.05, 4.69) is 10.5 Å². The largest absolute Gasteiger partial charge is 0.388 e. The molecule has 2 saturated heterocycles. The molecule has 0 spiro atoms. The van der Waals surface area contributed by atoms with E-state index in [4.69, 9.17) is 14.0 Å². The molecule has 2 fully saturated rings. The van der Waals surface area contributed by atoms with E-state index in [9.17, 15) is 9.90 Å². The molecule has 2 aliphatic rings. The van der Waals surface area contributed by atoms with Crippen molar-refractivity contribution in [2.24, 2.45) is 0 Å². The van der Waals surface area contributed by atoms with Crippen LogP contribution in [0.15, 0.2) is 40.9 Å². The standard InChI is InChI=1S/C22H22N2O5/c1-11-19(12(2)29-24-11)16-5-3-4-13-8-14(6-7-15(13)16)22(26)23-17-9-27-21-18(25)10-28-20(17)21/h3-8,17-18,20-21,25H,9-10H2,1-2H3,(H,23,26)/t17-,18-,20-,21-/m1/s1. The summed E-state index contributed by atoms with van der Waals surface area (Å²) in [6, 6.07) is 11.4. The molecule has 7 heteroatoms. The maximum atomic E-state index is 12.8. The molecule has 1 amide bonds. The van der Waals surface area contributed by atoms with Gasteiger partial charge in [0, 0.05) is 11.1 Å². The summed E-state index contributed by atoms with van der Waals surface area (Å²) in [6.45, 7) is 4.39. The molecule has 2 N–H and O–H groups in total. The van der Waals surface area contributed by atoms with Crippen molar-refractivity contribution < 1.29 is 23.9 Å². The van der Waals surface area contributed by atoms with Gasteiger partial charge in [0.1, 0.15) is 24.1 Å². The molecule has 2 aromatic carbocycles. The van der Waals surface area contributed by atoms with Crippen LogP contribution in [0.2, 0.25) is 0 Å². The number of ether oxygens (including phenoxy) is 2. The van der Waals surface area contributed by atoms with Crippen LogP contribution in [-0.2, 0) is 9.47 Å². The lowest BCUT2D eigenvalue weighted by atomic mass is 9.96. The van der Waals surface area contributed by atoms with Crippen LogP contribution < -0.4 is 5.32 Å². The van der Waals surface area contributed by atoms with Crippen LogP contribution in [0.5, 0.6) is 0 Å². The van der Waals surface area contributed by atoms with Crippen molar-refractivity contribution in [2.75, 3.05) is 13.2 Å². The highest BCUT2D eigenvalue weighted by molar-refractivity contribution is 6.03. The van der Waals surface area contributed by atoms with E-state index in [1.807, 2.05) is 50.2 Å². The Morgan fingerprint density at radius 1 is 1.14 bits per heavy atom. The molecule has 0 unspecified atom stereocenters. The number of hydrogen-bond donors (Lipinski definition) is 2. The van der Waals surface area contributed by atoms with Crippen molar-refractivity contribution in [3.8, 4) is 11.1 Å². The molecule has 5 rings (SSSR count). The van der Waals surface area contributed by atoms with Crippen molar-refractivity contribution in [3.63, 3.8) is 0 Å². The summed E-state index contributed by atoms with van der Waals surface area (Å²) in [5.74, 6) is 0.584. The number of carbonyl (C=O) groups excluding carboxylic acids is 1. The Bertz CT molecular complexity index is 1070. The summed E-state index contributed by atoms with van der Waals surface area (Å²) in [5, 5.41) is 18.9. The number of aliphatic hydroxyl groups excluding tert-OH is 1. The number of aliphatic hydroxyl groups is 1. The highest BCUT2D eigenvalue weighted by Gasteiger charge is 2.47. The molecule has 0 radical (unpaired) electrons. The van der Waals surface area contributed by atoms with Gasteiger partial charge in [0.15, 0.2) is 0 Å². The van der Waals surface area contributed by atoms with Gasteiger partial charge in [-0.05, 0) is 42.3 Å². The number of fused-ring (bicyclic) bond motifs is 2. The molecule has 0 saturated carbocycles. The summed E-state index contributed by atoms with van der Waals surface area (Å²) in [6.07, 6.45) is -1.31. The van der Waals surface area contributed by atoms with E-state index >= 15 is 0 Å². The minimum Gasteiger partial charge on any atom is -0.388 e. The first-order chi connectivity index (χ1) is 14.0. The van der Waals surface area contributed by atoms with E-state index in [1.54, 1.807) is 0 Å². The summed E-state index contributed by atoms with van der Waals surface area (Å²) in [4.78, 5) is 12.8. The van der Waals surface area contributed by atoms with Gasteiger partial charge in [-0.3, -0.25) is 4.79 Å². The lowest BCUT2D eigenvalue weighted by Crippen LogP contribution is -2.44. The van der Waals surface area contributed by atoms with Crippen LogP contribution in [0.3, 0.4) is 0 Å². The Morgan fingerprint density at radius 2 is 1.97 bits per heavy atom. The second kappa shape index (κ2) is 6.95. The average Bonchev–Trinajstić information content (AvgIpc) is 3.39. The Morgan fingerprint density at radius 3 is 2.76 bits per heavy atom. The first-order valence-electron chi connectivity index (χ1n) is 9.71. The number of carbonyl (C=O) groups is 1. The molecule has 150 valence electrons. The molecule has 0 bridgehead atoms. The fourth-order valence-corrected chi connectivity index (χ4v) is 4.36. The van der Waals surface area contributed by atoms with Gasteiger partial charge in [0.25, 0.3) is 5.91 Å². The summed E-state index contributed by atoms with van der Waals surface area (Å²) in [7, 11) is 0. The van der Waals surface area contributed by atoms with Gasteiger partial charge in [-0.2, -0.15) is 0 Å². The predicted octanol–water partition coefficient (Wildman–Crippen LogP) is 2.37. The van der Waals surface area contributed by atoms with Crippen molar-refractivity contribution >= 4 is 16.7 Å². The van der Waals surface area contributed by atoms with Crippen LogP contribution in [-0.4, -0.2) is 53.7 Å². The Balaban J connectivity index is 1.43. The maximum absolute atomic E-state index is 12.8. The summed E-state index contributed by atoms with van der Waals surface area (Å²) in [5.41, 5.74) is 3.42. The van der Waals surface area contributed by atoms with E-state index in [0.717, 1.165) is 33.4 Å². The van der Waals surface area contributed by atoms with Gasteiger partial charge < -0.3 is 24.4 Å². The van der Waals surface area contributed by atoms with Crippen LogP contribution in [0.25, 0.3) is 21.9 Å². The topological polar surface area (TPSA) is 93.8 Å². The summed E-state index contributed by atoms with van der Waals surface area (Å²) < 4.78 is 16.5.